The lowest BCUT2D eigenvalue weighted by Crippen LogP contribution is -2.46. The first kappa shape index (κ1) is 22.8. The number of nitrogens with one attached hydrogen (secondary N) is 3. The number of guanidine groups is 1. The van der Waals surface area contributed by atoms with Crippen LogP contribution in [0.25, 0.3) is 5.65 Å². The summed E-state index contributed by atoms with van der Waals surface area (Å²) in [5.74, 6) is -1.60. The first-order valence-corrected chi connectivity index (χ1v) is 11.4. The molecule has 11 nitrogen and oxygen atoms in total. The van der Waals surface area contributed by atoms with Crippen molar-refractivity contribution in [2.24, 2.45) is 15.7 Å². The van der Waals surface area contributed by atoms with Gasteiger partial charge in [-0.15, -0.1) is 10.2 Å². The van der Waals surface area contributed by atoms with E-state index >= 15 is 0 Å². The number of aliphatic imine (C=N–C) groups is 2. The van der Waals surface area contributed by atoms with Crippen molar-refractivity contribution in [2.45, 2.75) is 18.5 Å². The number of halogens is 2. The van der Waals surface area contributed by atoms with E-state index in [-0.39, 0.29) is 5.96 Å². The van der Waals surface area contributed by atoms with E-state index in [1.807, 2.05) is 43.3 Å². The molecule has 2 aliphatic rings. The van der Waals surface area contributed by atoms with E-state index in [0.29, 0.717) is 28.5 Å². The summed E-state index contributed by atoms with van der Waals surface area (Å²) in [6, 6.07) is 12.7. The van der Waals surface area contributed by atoms with Gasteiger partial charge in [0.15, 0.2) is 17.3 Å². The molecule has 2 aromatic heterocycles. The first-order chi connectivity index (χ1) is 17.8. The molecule has 37 heavy (non-hydrogen) atoms. The zero-order chi connectivity index (χ0) is 25.6. The zero-order valence-electron chi connectivity index (χ0n) is 19.6. The predicted molar refractivity (Wildman–Crippen MR) is 134 cm³/mol. The summed E-state index contributed by atoms with van der Waals surface area (Å²) >= 11 is 0. The highest BCUT2D eigenvalue weighted by Crippen LogP contribution is 2.39. The first-order valence-electron chi connectivity index (χ1n) is 11.4. The number of hydrogen-bond donors (Lipinski definition) is 4. The van der Waals surface area contributed by atoms with E-state index in [9.17, 15) is 8.78 Å². The molecular weight excluding hydrogens is 482 g/mol. The van der Waals surface area contributed by atoms with E-state index in [4.69, 9.17) is 10.5 Å². The largest absolute Gasteiger partial charge is 0.439 e. The van der Waals surface area contributed by atoms with Gasteiger partial charge < -0.3 is 20.7 Å². The molecule has 4 aromatic rings. The normalized spacial score (nSPS) is 19.9. The van der Waals surface area contributed by atoms with Crippen LogP contribution >= 0.6 is 0 Å². The summed E-state index contributed by atoms with van der Waals surface area (Å²) in [6.07, 6.45) is 4.69. The molecule has 0 saturated carbocycles. The highest BCUT2D eigenvalue weighted by molar-refractivity contribution is 5.95. The quantitative estimate of drug-likeness (QED) is 0.333. The van der Waals surface area contributed by atoms with Gasteiger partial charge >= 0.3 is 0 Å². The smallest absolute Gasteiger partial charge is 0.284 e. The van der Waals surface area contributed by atoms with Gasteiger partial charge in [0, 0.05) is 23.0 Å². The van der Waals surface area contributed by atoms with Crippen LogP contribution in [0.15, 0.2) is 65.1 Å². The summed E-state index contributed by atoms with van der Waals surface area (Å²) in [5.41, 5.74) is 9.97. The summed E-state index contributed by atoms with van der Waals surface area (Å²) in [4.78, 5) is 12.7. The Morgan fingerprint density at radius 2 is 2.03 bits per heavy atom. The Labute approximate surface area is 209 Å². The third-order valence-electron chi connectivity index (χ3n) is 6.16. The zero-order valence-corrected chi connectivity index (χ0v) is 19.6. The number of alkyl halides is 2. The second-order valence-electron chi connectivity index (χ2n) is 8.83. The standard InChI is InChI=1S/C24H22F2N10O/c1-14-6-15(2-5-19(14)37-21-8-20-35-33-13-36(20)12-31-21)24(27)17-7-16(3-4-18(17)30-11-32-24)34-22-28-9-23(25,26)10-29-22/h2-8,11-13H,9-10,27H2,1H3,(H,30,32)(H2,28,29,34). The third-order valence-corrected chi connectivity index (χ3v) is 6.16. The van der Waals surface area contributed by atoms with Crippen LogP contribution in [0.4, 0.5) is 20.2 Å². The molecule has 188 valence electrons. The van der Waals surface area contributed by atoms with Crippen LogP contribution < -0.4 is 26.4 Å². The average molecular weight is 505 g/mol. The lowest BCUT2D eigenvalue weighted by atomic mass is 9.89. The molecular formula is C24H22F2N10O. The van der Waals surface area contributed by atoms with Gasteiger partial charge in [0.1, 0.15) is 24.9 Å². The number of nitrogens with zero attached hydrogens (tertiary/aromatic N) is 6. The molecule has 4 heterocycles. The molecule has 13 heteroatoms. The van der Waals surface area contributed by atoms with Gasteiger partial charge in [-0.25, -0.2) is 23.7 Å². The Morgan fingerprint density at radius 1 is 1.14 bits per heavy atom. The van der Waals surface area contributed by atoms with Crippen molar-refractivity contribution < 1.29 is 13.5 Å². The Bertz CT molecular complexity index is 1570. The third kappa shape index (κ3) is 4.29. The van der Waals surface area contributed by atoms with Crippen molar-refractivity contribution in [3.63, 3.8) is 0 Å². The summed E-state index contributed by atoms with van der Waals surface area (Å²) < 4.78 is 34.5. The van der Waals surface area contributed by atoms with E-state index in [2.05, 4.69) is 41.1 Å². The second-order valence-corrected chi connectivity index (χ2v) is 8.83. The highest BCUT2D eigenvalue weighted by atomic mass is 19.3. The predicted octanol–water partition coefficient (Wildman–Crippen LogP) is 2.85. The van der Waals surface area contributed by atoms with Crippen LogP contribution in [0.5, 0.6) is 11.6 Å². The molecule has 0 spiro atoms. The Balaban J connectivity index is 1.28. The Kier molecular flexibility index (Phi) is 5.22. The van der Waals surface area contributed by atoms with Crippen LogP contribution in [0, 0.1) is 6.92 Å². The van der Waals surface area contributed by atoms with Gasteiger partial charge in [0.05, 0.1) is 12.9 Å². The van der Waals surface area contributed by atoms with E-state index in [0.717, 1.165) is 16.8 Å². The van der Waals surface area contributed by atoms with Crippen LogP contribution in [0.1, 0.15) is 16.7 Å². The molecule has 6 rings (SSSR count). The number of fused-ring (bicyclic) bond motifs is 2. The fourth-order valence-corrected chi connectivity index (χ4v) is 4.19. The summed E-state index contributed by atoms with van der Waals surface area (Å²) in [7, 11) is 0. The molecule has 1 unspecified atom stereocenters. The number of nitrogens with two attached hydrogens (primary N) is 1. The monoisotopic (exact) mass is 504 g/mol. The molecule has 0 saturated heterocycles. The lowest BCUT2D eigenvalue weighted by molar-refractivity contribution is 0.0125. The van der Waals surface area contributed by atoms with Gasteiger partial charge in [-0.05, 0) is 48.4 Å². The van der Waals surface area contributed by atoms with Crippen molar-refractivity contribution in [1.29, 1.82) is 0 Å². The van der Waals surface area contributed by atoms with Crippen LogP contribution in [-0.2, 0) is 5.66 Å². The van der Waals surface area contributed by atoms with Gasteiger partial charge in [-0.2, -0.15) is 0 Å². The van der Waals surface area contributed by atoms with Crippen molar-refractivity contribution in [2.75, 3.05) is 23.7 Å². The number of hydrogen-bond acceptors (Lipinski definition) is 10. The van der Waals surface area contributed by atoms with E-state index in [1.165, 1.54) is 0 Å². The molecule has 1 atom stereocenters. The molecule has 0 aliphatic carbocycles. The minimum Gasteiger partial charge on any atom is -0.439 e. The summed E-state index contributed by atoms with van der Waals surface area (Å²) in [6.45, 7) is 0.854. The number of aromatic nitrogens is 4. The molecule has 0 bridgehead atoms. The summed E-state index contributed by atoms with van der Waals surface area (Å²) in [5, 5.41) is 16.6. The van der Waals surface area contributed by atoms with Crippen LogP contribution in [0.3, 0.4) is 0 Å². The fraction of sp³-hybridized carbons (Fsp3) is 0.208. The van der Waals surface area contributed by atoms with Crippen LogP contribution in [-0.4, -0.2) is 50.9 Å². The minimum atomic E-state index is -2.86. The molecule has 0 fully saturated rings. The number of benzene rings is 2. The topological polar surface area (TPSA) is 139 Å². The van der Waals surface area contributed by atoms with Gasteiger partial charge in [-0.3, -0.25) is 10.1 Å². The number of ether oxygens (including phenoxy) is 1. The lowest BCUT2D eigenvalue weighted by Gasteiger charge is -2.32. The number of aryl methyl sites for hydroxylation is 1. The van der Waals surface area contributed by atoms with Crippen molar-refractivity contribution >= 4 is 29.3 Å². The molecule has 5 N–H and O–H groups in total. The molecule has 2 aliphatic heterocycles. The average Bonchev–Trinajstić information content (AvgIpc) is 3.35. The van der Waals surface area contributed by atoms with Crippen molar-refractivity contribution in [1.82, 2.24) is 24.9 Å². The van der Waals surface area contributed by atoms with Gasteiger partial charge in [0.2, 0.25) is 5.88 Å². The molecule has 2 aromatic carbocycles. The SMILES string of the molecule is Cc1cc(C2(N)N=CNc3ccc(NC4=NCC(F)(F)CN4)cc32)ccc1Oc1cc2nncn2cn1. The maximum atomic E-state index is 13.4. The molecule has 0 amide bonds. The number of anilines is 2. The second kappa shape index (κ2) is 8.48. The van der Waals surface area contributed by atoms with Crippen LogP contribution in [0.2, 0.25) is 0 Å². The minimum absolute atomic E-state index is 0.274. The maximum absolute atomic E-state index is 13.4. The van der Waals surface area contributed by atoms with Crippen molar-refractivity contribution in [3.8, 4) is 11.6 Å². The highest BCUT2D eigenvalue weighted by Gasteiger charge is 2.35. The van der Waals surface area contributed by atoms with E-state index < -0.39 is 24.7 Å². The van der Waals surface area contributed by atoms with Gasteiger partial charge in [-0.1, -0.05) is 6.07 Å². The maximum Gasteiger partial charge on any atom is 0.284 e. The molecule has 0 radical (unpaired) electrons. The Hall–Kier alpha value is -4.65. The van der Waals surface area contributed by atoms with E-state index in [1.54, 1.807) is 29.5 Å². The fourth-order valence-electron chi connectivity index (χ4n) is 4.19. The van der Waals surface area contributed by atoms with Gasteiger partial charge in [0.25, 0.3) is 5.92 Å². The Morgan fingerprint density at radius 3 is 2.84 bits per heavy atom. The van der Waals surface area contributed by atoms with Crippen molar-refractivity contribution in [3.05, 3.63) is 71.8 Å². The number of rotatable bonds is 4.